The predicted molar refractivity (Wildman–Crippen MR) is 83.5 cm³/mol. The first-order valence-electron chi connectivity index (χ1n) is 6.40. The molecule has 0 aliphatic heterocycles. The number of carbonyl (C=O) groups is 2. The largest absolute Gasteiger partial charge is 0.457 e. The van der Waals surface area contributed by atoms with Gasteiger partial charge in [0.05, 0.1) is 5.33 Å². The van der Waals surface area contributed by atoms with Crippen molar-refractivity contribution < 1.29 is 24.1 Å². The van der Waals surface area contributed by atoms with Gasteiger partial charge in [-0.25, -0.2) is 4.79 Å². The molecule has 0 saturated heterocycles. The molecule has 0 saturated carbocycles. The number of ketones is 1. The summed E-state index contributed by atoms with van der Waals surface area (Å²) in [6, 6.07) is 13.4. The van der Waals surface area contributed by atoms with Crippen molar-refractivity contribution >= 4 is 27.7 Å². The Bertz CT molecular complexity index is 649. The molecule has 2 rings (SSSR count). The second-order valence-corrected chi connectivity index (χ2v) is 4.87. The van der Waals surface area contributed by atoms with E-state index >= 15 is 0 Å². The van der Waals surface area contributed by atoms with E-state index in [1.54, 1.807) is 48.5 Å². The lowest BCUT2D eigenvalue weighted by Gasteiger charge is -2.07. The normalized spacial score (nSPS) is 9.91. The molecule has 0 aromatic heterocycles. The summed E-state index contributed by atoms with van der Waals surface area (Å²) >= 11 is 3.13. The van der Waals surface area contributed by atoms with Crippen LogP contribution in [0, 0.1) is 0 Å². The van der Waals surface area contributed by atoms with Crippen molar-refractivity contribution in [2.45, 2.75) is 6.92 Å². The number of carbonyl (C=O) groups excluding carboxylic acids is 2. The number of benzene rings is 2. The summed E-state index contributed by atoms with van der Waals surface area (Å²) in [5.41, 5.74) is 0.620. The SMILES string of the molecule is CC(=O)OOc1ccc(Oc2ccc(C(=O)CBr)cc2)cc1. The maximum absolute atomic E-state index is 11.5. The van der Waals surface area contributed by atoms with Gasteiger partial charge in [0.15, 0.2) is 11.5 Å². The van der Waals surface area contributed by atoms with Crippen LogP contribution in [-0.4, -0.2) is 17.1 Å². The minimum absolute atomic E-state index is 0.0125. The highest BCUT2D eigenvalue weighted by Crippen LogP contribution is 2.24. The van der Waals surface area contributed by atoms with E-state index < -0.39 is 5.97 Å². The first kappa shape index (κ1) is 16.0. The van der Waals surface area contributed by atoms with Crippen molar-refractivity contribution in [1.29, 1.82) is 0 Å². The molecule has 0 aliphatic rings. The third kappa shape index (κ3) is 4.60. The number of Topliss-reactive ketones (excluding diaryl/α,β-unsaturated/α-hetero) is 1. The van der Waals surface area contributed by atoms with E-state index in [2.05, 4.69) is 20.8 Å². The maximum Gasteiger partial charge on any atom is 0.352 e. The Morgan fingerprint density at radius 1 is 0.909 bits per heavy atom. The molecule has 5 nitrogen and oxygen atoms in total. The number of hydrogen-bond donors (Lipinski definition) is 0. The Hall–Kier alpha value is -2.34. The van der Waals surface area contributed by atoms with Crippen molar-refractivity contribution in [2.75, 3.05) is 5.33 Å². The summed E-state index contributed by atoms with van der Waals surface area (Å²) in [5.74, 6) is 1.08. The van der Waals surface area contributed by atoms with E-state index in [0.717, 1.165) is 0 Å². The number of halogens is 1. The van der Waals surface area contributed by atoms with Crippen LogP contribution in [-0.2, 0) is 9.68 Å². The molecule has 0 spiro atoms. The third-order valence-electron chi connectivity index (χ3n) is 2.61. The van der Waals surface area contributed by atoms with Gasteiger partial charge < -0.3 is 4.74 Å². The minimum Gasteiger partial charge on any atom is -0.457 e. The zero-order chi connectivity index (χ0) is 15.9. The van der Waals surface area contributed by atoms with Crippen LogP contribution in [0.2, 0.25) is 0 Å². The fourth-order valence-electron chi connectivity index (χ4n) is 1.59. The third-order valence-corrected chi connectivity index (χ3v) is 3.12. The topological polar surface area (TPSA) is 61.8 Å². The van der Waals surface area contributed by atoms with E-state index in [1.807, 2.05) is 0 Å². The van der Waals surface area contributed by atoms with Gasteiger partial charge >= 0.3 is 5.97 Å². The van der Waals surface area contributed by atoms with Crippen LogP contribution in [0.5, 0.6) is 17.2 Å². The highest BCUT2D eigenvalue weighted by Gasteiger charge is 2.05. The molecule has 6 heteroatoms. The van der Waals surface area contributed by atoms with Crippen LogP contribution in [0.1, 0.15) is 17.3 Å². The maximum atomic E-state index is 11.5. The van der Waals surface area contributed by atoms with Crippen LogP contribution < -0.4 is 9.62 Å². The summed E-state index contributed by atoms with van der Waals surface area (Å²) in [6.07, 6.45) is 0. The molecule has 2 aromatic carbocycles. The van der Waals surface area contributed by atoms with Gasteiger partial charge in [-0.1, -0.05) is 15.9 Å². The molecule has 0 N–H and O–H groups in total. The number of ether oxygens (including phenoxy) is 1. The van der Waals surface area contributed by atoms with Gasteiger partial charge in [-0.05, 0) is 48.5 Å². The highest BCUT2D eigenvalue weighted by atomic mass is 79.9. The van der Waals surface area contributed by atoms with Crippen LogP contribution in [0.4, 0.5) is 0 Å². The van der Waals surface area contributed by atoms with Crippen molar-refractivity contribution in [3.63, 3.8) is 0 Å². The molecule has 0 radical (unpaired) electrons. The standard InChI is InChI=1S/C16H13BrO5/c1-11(18)21-22-15-8-6-14(7-9-15)20-13-4-2-12(3-5-13)16(19)10-17/h2-9H,10H2,1H3. The number of alkyl halides is 1. The Balaban J connectivity index is 1.98. The summed E-state index contributed by atoms with van der Waals surface area (Å²) in [5, 5.41) is 0.289. The van der Waals surface area contributed by atoms with Crippen molar-refractivity contribution in [2.24, 2.45) is 0 Å². The Morgan fingerprint density at radius 2 is 1.41 bits per heavy atom. The average Bonchev–Trinajstić information content (AvgIpc) is 2.54. The molecule has 0 amide bonds. The molecular weight excluding hydrogens is 352 g/mol. The minimum atomic E-state index is -0.529. The fourth-order valence-corrected chi connectivity index (χ4v) is 1.92. The number of rotatable bonds is 6. The van der Waals surface area contributed by atoms with Crippen molar-refractivity contribution in [3.05, 3.63) is 54.1 Å². The summed E-state index contributed by atoms with van der Waals surface area (Å²) in [7, 11) is 0. The van der Waals surface area contributed by atoms with Gasteiger partial charge in [-0.3, -0.25) is 14.6 Å². The van der Waals surface area contributed by atoms with Crippen LogP contribution in [0.15, 0.2) is 48.5 Å². The van der Waals surface area contributed by atoms with Crippen LogP contribution >= 0.6 is 15.9 Å². The number of hydrogen-bond acceptors (Lipinski definition) is 5. The fraction of sp³-hybridized carbons (Fsp3) is 0.125. The van der Waals surface area contributed by atoms with Crippen LogP contribution in [0.3, 0.4) is 0 Å². The lowest BCUT2D eigenvalue weighted by molar-refractivity contribution is -0.210. The zero-order valence-electron chi connectivity index (χ0n) is 11.7. The monoisotopic (exact) mass is 364 g/mol. The first-order chi connectivity index (χ1) is 10.6. The van der Waals surface area contributed by atoms with Gasteiger partial charge in [-0.2, -0.15) is 0 Å². The predicted octanol–water partition coefficient (Wildman–Crippen LogP) is 3.91. The molecule has 0 bridgehead atoms. The first-order valence-corrected chi connectivity index (χ1v) is 7.53. The second-order valence-electron chi connectivity index (χ2n) is 4.31. The van der Waals surface area contributed by atoms with E-state index in [0.29, 0.717) is 22.8 Å². The summed E-state index contributed by atoms with van der Waals surface area (Å²) < 4.78 is 5.64. The van der Waals surface area contributed by atoms with Gasteiger partial charge in [0, 0.05) is 12.5 Å². The van der Waals surface area contributed by atoms with Crippen molar-refractivity contribution in [1.82, 2.24) is 0 Å². The highest BCUT2D eigenvalue weighted by molar-refractivity contribution is 9.09. The van der Waals surface area contributed by atoms with Gasteiger partial charge in [0.25, 0.3) is 0 Å². The molecule has 2 aromatic rings. The van der Waals surface area contributed by atoms with Gasteiger partial charge in [-0.15, -0.1) is 0 Å². The average molecular weight is 365 g/mol. The molecule has 0 aliphatic carbocycles. The lowest BCUT2D eigenvalue weighted by Crippen LogP contribution is -2.02. The summed E-state index contributed by atoms with van der Waals surface area (Å²) in [4.78, 5) is 31.3. The van der Waals surface area contributed by atoms with E-state index in [-0.39, 0.29) is 11.1 Å². The summed E-state index contributed by atoms with van der Waals surface area (Å²) in [6.45, 7) is 1.25. The van der Waals surface area contributed by atoms with Crippen molar-refractivity contribution in [3.8, 4) is 17.2 Å². The smallest absolute Gasteiger partial charge is 0.352 e. The van der Waals surface area contributed by atoms with E-state index in [4.69, 9.17) is 9.62 Å². The Labute approximate surface area is 135 Å². The van der Waals surface area contributed by atoms with Crippen LogP contribution in [0.25, 0.3) is 0 Å². The Kier molecular flexibility index (Phi) is 5.55. The van der Waals surface area contributed by atoms with Gasteiger partial charge in [0.2, 0.25) is 0 Å². The second kappa shape index (κ2) is 7.61. The van der Waals surface area contributed by atoms with Gasteiger partial charge in [0.1, 0.15) is 11.5 Å². The van der Waals surface area contributed by atoms with E-state index in [1.165, 1.54) is 6.92 Å². The molecule has 0 fully saturated rings. The molecule has 114 valence electrons. The molecular formula is C16H13BrO5. The molecule has 0 heterocycles. The lowest BCUT2D eigenvalue weighted by atomic mass is 10.1. The molecule has 22 heavy (non-hydrogen) atoms. The Morgan fingerprint density at radius 3 is 1.91 bits per heavy atom. The van der Waals surface area contributed by atoms with E-state index in [9.17, 15) is 9.59 Å². The molecule has 0 unspecified atom stereocenters. The zero-order valence-corrected chi connectivity index (χ0v) is 13.3. The molecule has 0 atom stereocenters. The quantitative estimate of drug-likeness (QED) is 0.336.